The van der Waals surface area contributed by atoms with Gasteiger partial charge in [-0.05, 0) is 101 Å². The van der Waals surface area contributed by atoms with E-state index in [9.17, 15) is 16.8 Å². The molecule has 70 heavy (non-hydrogen) atoms. The van der Waals surface area contributed by atoms with E-state index in [0.717, 1.165) is 27.8 Å². The maximum atomic E-state index is 12.7. The molecule has 7 heterocycles. The summed E-state index contributed by atoms with van der Waals surface area (Å²) in [6.45, 7) is 18.9. The van der Waals surface area contributed by atoms with Crippen molar-refractivity contribution < 1.29 is 26.1 Å². The predicted octanol–water partition coefficient (Wildman–Crippen LogP) is 10.1. The average molecular weight is 1050 g/mol. The summed E-state index contributed by atoms with van der Waals surface area (Å²) in [4.78, 5) is 8.46. The maximum absolute atomic E-state index is 12.7. The van der Waals surface area contributed by atoms with Gasteiger partial charge in [-0.2, -0.15) is 0 Å². The van der Waals surface area contributed by atoms with Gasteiger partial charge in [0.25, 0.3) is 0 Å². The molecule has 366 valence electrons. The molecule has 2 aromatic carbocycles. The minimum atomic E-state index is -3.74. The summed E-state index contributed by atoms with van der Waals surface area (Å²) in [6, 6.07) is 26.8. The number of hydrogen-bond acceptors (Lipinski definition) is 12. The summed E-state index contributed by atoms with van der Waals surface area (Å²) >= 11 is 18.4. The highest BCUT2D eigenvalue weighted by Crippen LogP contribution is 2.37. The average Bonchev–Trinajstić information content (AvgIpc) is 4.00. The summed E-state index contributed by atoms with van der Waals surface area (Å²) in [6.07, 6.45) is 9.51. The van der Waals surface area contributed by atoms with Crippen molar-refractivity contribution in [3.8, 4) is 33.6 Å². The fraction of sp³-hybridized carbons (Fsp3) is 0.306. The van der Waals surface area contributed by atoms with Crippen molar-refractivity contribution >= 4 is 78.3 Å². The Hall–Kier alpha value is -5.31. The molecule has 6 aromatic heterocycles. The van der Waals surface area contributed by atoms with Crippen LogP contribution in [0.3, 0.4) is 0 Å². The number of benzene rings is 2. The van der Waals surface area contributed by atoms with E-state index in [2.05, 4.69) is 35.1 Å². The minimum absolute atomic E-state index is 0.0512. The summed E-state index contributed by atoms with van der Waals surface area (Å²) in [5, 5.41) is 16.8. The van der Waals surface area contributed by atoms with E-state index in [1.54, 1.807) is 48.0 Å². The molecular weight excluding hydrogens is 992 g/mol. The normalized spacial score (nSPS) is 14.8. The van der Waals surface area contributed by atoms with Crippen LogP contribution in [-0.4, -0.2) is 85.6 Å². The SMILES string of the molecule is CC(C)(C)CS(=O)(=O)c1cncc(B2OC(C)(C)C(C)(C)O2)c1.CC(C)(C)NS(=O)(=O)c1cncc(-c2nnc(Cl)c3c(-c4ccccc4)ccn23)c1.Clc1nnc(Cl)n2ccc(-c3ccccc3)c12. The fourth-order valence-electron chi connectivity index (χ4n) is 7.40. The number of fused-ring (bicyclic) bond motifs is 2. The lowest BCUT2D eigenvalue weighted by atomic mass is 9.80. The van der Waals surface area contributed by atoms with Crippen molar-refractivity contribution in [2.45, 2.75) is 95.8 Å². The second-order valence-electron chi connectivity index (χ2n) is 19.8. The lowest BCUT2D eigenvalue weighted by Gasteiger charge is -2.32. The maximum Gasteiger partial charge on any atom is 0.496 e. The molecule has 0 aliphatic carbocycles. The molecule has 1 N–H and O–H groups in total. The summed E-state index contributed by atoms with van der Waals surface area (Å²) < 4.78 is 68.6. The molecule has 8 aromatic rings. The second kappa shape index (κ2) is 20.1. The molecule has 0 atom stereocenters. The van der Waals surface area contributed by atoms with Crippen molar-refractivity contribution in [2.24, 2.45) is 5.41 Å². The van der Waals surface area contributed by atoms with E-state index in [1.807, 2.05) is 134 Å². The zero-order valence-electron chi connectivity index (χ0n) is 40.3. The number of aromatic nitrogens is 8. The molecule has 0 amide bonds. The lowest BCUT2D eigenvalue weighted by molar-refractivity contribution is 0.00578. The van der Waals surface area contributed by atoms with E-state index in [4.69, 9.17) is 44.1 Å². The van der Waals surface area contributed by atoms with Crippen LogP contribution < -0.4 is 10.2 Å². The summed E-state index contributed by atoms with van der Waals surface area (Å²) in [7, 11) is -7.76. The van der Waals surface area contributed by atoms with Crippen molar-refractivity contribution in [3.63, 3.8) is 0 Å². The first-order valence-electron chi connectivity index (χ1n) is 22.0. The van der Waals surface area contributed by atoms with E-state index in [-0.39, 0.29) is 26.1 Å². The van der Waals surface area contributed by atoms with Crippen LogP contribution in [0.15, 0.2) is 132 Å². The monoisotopic (exact) mass is 1040 g/mol. The zero-order valence-corrected chi connectivity index (χ0v) is 44.2. The molecule has 0 spiro atoms. The first-order valence-corrected chi connectivity index (χ1v) is 26.3. The molecule has 9 rings (SSSR count). The summed E-state index contributed by atoms with van der Waals surface area (Å²) in [5.41, 5.74) is 4.67. The number of pyridine rings is 2. The Morgan fingerprint density at radius 1 is 0.614 bits per heavy atom. The highest BCUT2D eigenvalue weighted by atomic mass is 35.5. The van der Waals surface area contributed by atoms with Crippen LogP contribution in [0, 0.1) is 5.41 Å². The molecule has 1 fully saturated rings. The minimum Gasteiger partial charge on any atom is -0.399 e. The lowest BCUT2D eigenvalue weighted by Crippen LogP contribution is -2.41. The second-order valence-corrected chi connectivity index (χ2v) is 24.6. The van der Waals surface area contributed by atoms with Gasteiger partial charge in [0, 0.05) is 64.9 Å². The predicted molar refractivity (Wildman–Crippen MR) is 277 cm³/mol. The van der Waals surface area contributed by atoms with E-state index < -0.39 is 43.7 Å². The van der Waals surface area contributed by atoms with Crippen LogP contribution in [0.4, 0.5) is 0 Å². The van der Waals surface area contributed by atoms with Gasteiger partial charge in [-0.15, -0.1) is 20.4 Å². The van der Waals surface area contributed by atoms with E-state index >= 15 is 0 Å². The topological polar surface area (TPSA) is 185 Å². The van der Waals surface area contributed by atoms with Gasteiger partial charge in [0.15, 0.2) is 26.0 Å². The number of rotatable bonds is 8. The van der Waals surface area contributed by atoms with Gasteiger partial charge in [0.2, 0.25) is 15.3 Å². The van der Waals surface area contributed by atoms with Crippen LogP contribution in [-0.2, 0) is 29.2 Å². The molecule has 21 heteroatoms. The number of nitrogens with zero attached hydrogens (tertiary/aromatic N) is 8. The first kappa shape index (κ1) is 52.5. The number of nitrogens with one attached hydrogen (secondary N) is 1. The Balaban J connectivity index is 0.000000161. The Morgan fingerprint density at radius 3 is 1.66 bits per heavy atom. The smallest absolute Gasteiger partial charge is 0.399 e. The highest BCUT2D eigenvalue weighted by molar-refractivity contribution is 7.91. The third-order valence-corrected chi connectivity index (χ3v) is 15.9. The third-order valence-electron chi connectivity index (χ3n) is 11.2. The number of sulfone groups is 1. The van der Waals surface area contributed by atoms with Gasteiger partial charge >= 0.3 is 7.12 Å². The molecule has 1 aliphatic heterocycles. The Labute approximate surface area is 424 Å². The highest BCUT2D eigenvalue weighted by Gasteiger charge is 2.52. The molecule has 1 aliphatic rings. The van der Waals surface area contributed by atoms with Crippen molar-refractivity contribution in [1.29, 1.82) is 0 Å². The fourth-order valence-corrected chi connectivity index (χ4v) is 11.3. The van der Waals surface area contributed by atoms with Crippen molar-refractivity contribution in [3.05, 3.63) is 138 Å². The van der Waals surface area contributed by atoms with Crippen molar-refractivity contribution in [2.75, 3.05) is 5.75 Å². The Morgan fingerprint density at radius 2 is 1.11 bits per heavy atom. The number of hydrogen-bond donors (Lipinski definition) is 1. The summed E-state index contributed by atoms with van der Waals surface area (Å²) in [5.74, 6) is 0.506. The standard InChI is InChI=1S/C21H20ClN5O2S.C16H26BNO4S.C12H7Cl2N3/c1-21(2,3)26-30(28,29)16-11-15(12-23-13-16)20-25-24-19(22)18-17(9-10-27(18)20)14-7-5-4-6-8-14;1-14(2,3)11-23(19,20)13-8-12(9-18-10-13)17-21-15(4,5)16(6,7)22-17;13-11-10-9(8-4-2-1-3-5-8)6-7-17(10)12(14)16-15-11/h4-13,26H,1-3H3;8-10H,11H2,1-7H3;1-7H. The van der Waals surface area contributed by atoms with Crippen LogP contribution in [0.2, 0.25) is 15.6 Å². The van der Waals surface area contributed by atoms with Gasteiger partial charge in [-0.25, -0.2) is 21.6 Å². The Kier molecular flexibility index (Phi) is 15.1. The zero-order chi connectivity index (χ0) is 51.0. The molecular formula is C49H53BCl3N9O6S2. The van der Waals surface area contributed by atoms with E-state index in [1.165, 1.54) is 18.5 Å². The van der Waals surface area contributed by atoms with Crippen molar-refractivity contribution in [1.82, 2.24) is 43.9 Å². The van der Waals surface area contributed by atoms with E-state index in [0.29, 0.717) is 32.8 Å². The van der Waals surface area contributed by atoms with Crippen LogP contribution in [0.1, 0.15) is 69.2 Å². The molecule has 0 saturated carbocycles. The first-order chi connectivity index (χ1) is 32.7. The third kappa shape index (κ3) is 11.9. The molecule has 0 bridgehead atoms. The molecule has 0 radical (unpaired) electrons. The quantitative estimate of drug-likeness (QED) is 0.142. The van der Waals surface area contributed by atoms with Gasteiger partial charge in [-0.3, -0.25) is 18.8 Å². The Bertz CT molecular complexity index is 3390. The van der Waals surface area contributed by atoms with Crippen LogP contribution in [0.5, 0.6) is 0 Å². The number of sulfonamides is 1. The van der Waals surface area contributed by atoms with Crippen LogP contribution >= 0.6 is 34.8 Å². The van der Waals surface area contributed by atoms with Gasteiger partial charge in [0.05, 0.1) is 32.9 Å². The van der Waals surface area contributed by atoms with Crippen LogP contribution in [0.25, 0.3) is 44.7 Å². The molecule has 15 nitrogen and oxygen atoms in total. The van der Waals surface area contributed by atoms with Gasteiger partial charge in [0.1, 0.15) is 4.90 Å². The molecule has 0 unspecified atom stereocenters. The molecule has 1 saturated heterocycles. The number of halogens is 3. The largest absolute Gasteiger partial charge is 0.496 e. The van der Waals surface area contributed by atoms with Gasteiger partial charge in [-0.1, -0.05) is 105 Å². The van der Waals surface area contributed by atoms with Gasteiger partial charge < -0.3 is 9.31 Å².